The quantitative estimate of drug-likeness (QED) is 0.607. The van der Waals surface area contributed by atoms with Crippen molar-refractivity contribution >= 4 is 31.5 Å². The lowest BCUT2D eigenvalue weighted by molar-refractivity contribution is -0.120. The molecule has 1 fully saturated rings. The maximum atomic E-state index is 13.0. The van der Waals surface area contributed by atoms with Gasteiger partial charge < -0.3 is 14.9 Å². The van der Waals surface area contributed by atoms with E-state index in [1.807, 2.05) is 0 Å². The minimum Gasteiger partial charge on any atom is -0.506 e. The van der Waals surface area contributed by atoms with Gasteiger partial charge in [-0.05, 0) is 44.9 Å². The first-order valence-corrected chi connectivity index (χ1v) is 12.9. The zero-order chi connectivity index (χ0) is 23.0. The fraction of sp³-hybridized carbons (Fsp3) is 0.474. The molecule has 0 saturated carbocycles. The van der Waals surface area contributed by atoms with E-state index in [9.17, 15) is 26.7 Å². The number of benzene rings is 1. The highest BCUT2D eigenvalue weighted by Gasteiger charge is 2.36. The largest absolute Gasteiger partial charge is 0.506 e. The zero-order valence-corrected chi connectivity index (χ0v) is 19.1. The number of nitrogens with one attached hydrogen (secondary N) is 1. The van der Waals surface area contributed by atoms with Crippen LogP contribution in [0.3, 0.4) is 0 Å². The normalized spacial score (nSPS) is 18.1. The number of piperidine rings is 1. The zero-order valence-electron chi connectivity index (χ0n) is 17.5. The molecule has 1 saturated heterocycles. The molecule has 1 amide bonds. The minimum atomic E-state index is -3.89. The molecule has 0 radical (unpaired) electrons. The Balaban J connectivity index is 1.80. The van der Waals surface area contributed by atoms with Crippen molar-refractivity contribution in [2.75, 3.05) is 24.2 Å². The second kappa shape index (κ2) is 8.60. The Morgan fingerprint density at radius 1 is 1.29 bits per heavy atom. The molecule has 2 aromatic rings. The Morgan fingerprint density at radius 3 is 2.61 bits per heavy atom. The van der Waals surface area contributed by atoms with Gasteiger partial charge in [0, 0.05) is 13.1 Å². The molecular formula is C19H25N3O7S2. The number of aryl methyl sites for hydroxylation is 2. The third-order valence-electron chi connectivity index (χ3n) is 5.29. The highest BCUT2D eigenvalue weighted by atomic mass is 32.2. The number of sulfone groups is 1. The molecule has 0 spiro atoms. The van der Waals surface area contributed by atoms with Crippen molar-refractivity contribution in [3.8, 4) is 5.75 Å². The first kappa shape index (κ1) is 23.2. The van der Waals surface area contributed by atoms with Crippen LogP contribution < -0.4 is 5.32 Å². The van der Waals surface area contributed by atoms with Crippen LogP contribution in [0.25, 0.3) is 0 Å². The monoisotopic (exact) mass is 471 g/mol. The van der Waals surface area contributed by atoms with Gasteiger partial charge in [-0.15, -0.1) is 0 Å². The standard InChI is InChI=1S/C19H25N3O7S2/c1-4-30(25,26)15-7-8-17(23)16(10-15)20-19(24)14-6-5-9-22(11-14)31(27,28)18-12(2)21-29-13(18)3/h7-8,10,14,23H,4-6,9,11H2,1-3H3,(H,20,24). The molecule has 3 rings (SSSR count). The Kier molecular flexibility index (Phi) is 6.44. The SMILES string of the molecule is CCS(=O)(=O)c1ccc(O)c(NC(=O)C2CCCN(S(=O)(=O)c3c(C)noc3C)C2)c1. The van der Waals surface area contributed by atoms with E-state index in [-0.39, 0.29) is 51.5 Å². The van der Waals surface area contributed by atoms with Gasteiger partial charge in [0.15, 0.2) is 15.6 Å². The lowest BCUT2D eigenvalue weighted by Crippen LogP contribution is -2.43. The number of phenolic OH excluding ortho intramolecular Hbond substituents is 1. The molecule has 1 aromatic carbocycles. The topological polar surface area (TPSA) is 147 Å². The van der Waals surface area contributed by atoms with Gasteiger partial charge in [-0.2, -0.15) is 4.31 Å². The van der Waals surface area contributed by atoms with E-state index in [4.69, 9.17) is 4.52 Å². The van der Waals surface area contributed by atoms with E-state index in [0.29, 0.717) is 12.8 Å². The second-order valence-electron chi connectivity index (χ2n) is 7.43. The molecule has 1 atom stereocenters. The van der Waals surface area contributed by atoms with Crippen molar-refractivity contribution in [1.29, 1.82) is 0 Å². The Bertz CT molecular complexity index is 1180. The van der Waals surface area contributed by atoms with E-state index in [1.54, 1.807) is 0 Å². The molecule has 2 N–H and O–H groups in total. The lowest BCUT2D eigenvalue weighted by Gasteiger charge is -2.31. The summed E-state index contributed by atoms with van der Waals surface area (Å²) in [7, 11) is -7.41. The predicted molar refractivity (Wildman–Crippen MR) is 112 cm³/mol. The second-order valence-corrected chi connectivity index (χ2v) is 11.6. The maximum Gasteiger partial charge on any atom is 0.248 e. The van der Waals surface area contributed by atoms with Crippen LogP contribution >= 0.6 is 0 Å². The molecule has 12 heteroatoms. The summed E-state index contributed by atoms with van der Waals surface area (Å²) in [6.07, 6.45) is 0.921. The fourth-order valence-corrected chi connectivity index (χ4v) is 6.28. The number of sulfonamides is 1. The number of aromatic hydroxyl groups is 1. The summed E-state index contributed by atoms with van der Waals surface area (Å²) in [6.45, 7) is 4.76. The summed E-state index contributed by atoms with van der Waals surface area (Å²) in [6, 6.07) is 3.67. The number of anilines is 1. The smallest absolute Gasteiger partial charge is 0.248 e. The van der Waals surface area contributed by atoms with Crippen molar-refractivity contribution in [3.05, 3.63) is 29.7 Å². The molecule has 1 aliphatic rings. The number of phenols is 1. The van der Waals surface area contributed by atoms with Crippen LogP contribution in [0.2, 0.25) is 0 Å². The van der Waals surface area contributed by atoms with Gasteiger partial charge in [-0.1, -0.05) is 12.1 Å². The van der Waals surface area contributed by atoms with Crippen molar-refractivity contribution in [2.45, 2.75) is 43.4 Å². The fourth-order valence-electron chi connectivity index (χ4n) is 3.56. The van der Waals surface area contributed by atoms with Crippen LogP contribution in [-0.2, 0) is 24.7 Å². The Labute approximate surface area is 181 Å². The summed E-state index contributed by atoms with van der Waals surface area (Å²) >= 11 is 0. The van der Waals surface area contributed by atoms with Crippen LogP contribution in [0.5, 0.6) is 5.75 Å². The highest BCUT2D eigenvalue weighted by Crippen LogP contribution is 2.30. The van der Waals surface area contributed by atoms with Crippen LogP contribution in [0.1, 0.15) is 31.2 Å². The minimum absolute atomic E-state index is 0.00340. The molecule has 170 valence electrons. The average molecular weight is 472 g/mol. The van der Waals surface area contributed by atoms with Crippen LogP contribution in [-0.4, -0.2) is 56.2 Å². The molecule has 31 heavy (non-hydrogen) atoms. The maximum absolute atomic E-state index is 13.0. The van der Waals surface area contributed by atoms with Gasteiger partial charge in [0.2, 0.25) is 15.9 Å². The van der Waals surface area contributed by atoms with Gasteiger partial charge >= 0.3 is 0 Å². The molecule has 1 aliphatic heterocycles. The molecule has 1 aromatic heterocycles. The summed E-state index contributed by atoms with van der Waals surface area (Å²) < 4.78 is 56.5. The number of nitrogens with zero attached hydrogens (tertiary/aromatic N) is 2. The van der Waals surface area contributed by atoms with E-state index in [2.05, 4.69) is 10.5 Å². The summed E-state index contributed by atoms with van der Waals surface area (Å²) in [5, 5.41) is 16.3. The van der Waals surface area contributed by atoms with Crippen LogP contribution in [0.15, 0.2) is 32.5 Å². The Hall–Kier alpha value is -2.44. The average Bonchev–Trinajstić information content (AvgIpc) is 3.08. The number of hydrogen-bond donors (Lipinski definition) is 2. The number of rotatable bonds is 6. The van der Waals surface area contributed by atoms with Crippen LogP contribution in [0.4, 0.5) is 5.69 Å². The molecule has 1 unspecified atom stereocenters. The first-order valence-electron chi connectivity index (χ1n) is 9.77. The van der Waals surface area contributed by atoms with Crippen molar-refractivity contribution < 1.29 is 31.3 Å². The number of aromatic nitrogens is 1. The summed E-state index contributed by atoms with van der Waals surface area (Å²) in [4.78, 5) is 12.8. The van der Waals surface area contributed by atoms with Gasteiger partial charge in [-0.3, -0.25) is 4.79 Å². The molecule has 0 bridgehead atoms. The third-order valence-corrected chi connectivity index (χ3v) is 9.13. The van der Waals surface area contributed by atoms with Crippen molar-refractivity contribution in [1.82, 2.24) is 9.46 Å². The number of carbonyl (C=O) groups is 1. The Morgan fingerprint density at radius 2 is 2.00 bits per heavy atom. The van der Waals surface area contributed by atoms with Gasteiger partial charge in [0.05, 0.1) is 22.3 Å². The van der Waals surface area contributed by atoms with E-state index < -0.39 is 31.7 Å². The first-order chi connectivity index (χ1) is 14.5. The molecule has 0 aliphatic carbocycles. The van der Waals surface area contributed by atoms with E-state index in [0.717, 1.165) is 0 Å². The van der Waals surface area contributed by atoms with Gasteiger partial charge in [-0.25, -0.2) is 16.8 Å². The molecule has 2 heterocycles. The van der Waals surface area contributed by atoms with Gasteiger partial charge in [0.1, 0.15) is 16.3 Å². The number of carbonyl (C=O) groups excluding carboxylic acids is 1. The van der Waals surface area contributed by atoms with E-state index in [1.165, 1.54) is 43.3 Å². The third kappa shape index (κ3) is 4.60. The highest BCUT2D eigenvalue weighted by molar-refractivity contribution is 7.91. The number of amides is 1. The van der Waals surface area contributed by atoms with Gasteiger partial charge in [0.25, 0.3) is 0 Å². The summed E-state index contributed by atoms with van der Waals surface area (Å²) in [5.41, 5.74) is 0.216. The van der Waals surface area contributed by atoms with Crippen molar-refractivity contribution in [2.24, 2.45) is 5.92 Å². The predicted octanol–water partition coefficient (Wildman–Crippen LogP) is 1.83. The van der Waals surface area contributed by atoms with Crippen LogP contribution in [0, 0.1) is 19.8 Å². The molecule has 10 nitrogen and oxygen atoms in total. The summed E-state index contributed by atoms with van der Waals surface area (Å²) in [5.74, 6) is -1.39. The molecular weight excluding hydrogens is 446 g/mol. The number of hydrogen-bond acceptors (Lipinski definition) is 8. The van der Waals surface area contributed by atoms with E-state index >= 15 is 0 Å². The van der Waals surface area contributed by atoms with Crippen molar-refractivity contribution in [3.63, 3.8) is 0 Å². The lowest BCUT2D eigenvalue weighted by atomic mass is 9.98.